The average molecular weight is 297 g/mol. The number of benzene rings is 1. The van der Waals surface area contributed by atoms with E-state index in [-0.39, 0.29) is 5.41 Å². The molecule has 106 valence electrons. The molecule has 2 heterocycles. The second-order valence-corrected chi connectivity index (χ2v) is 6.76. The smallest absolute Gasteiger partial charge is 0.154 e. The summed E-state index contributed by atoms with van der Waals surface area (Å²) in [6.45, 7) is 6.34. The van der Waals surface area contributed by atoms with Crippen LogP contribution in [0.1, 0.15) is 32.0 Å². The number of aromatic nitrogens is 4. The minimum Gasteiger partial charge on any atom is -0.326 e. The molecule has 0 fully saturated rings. The molecule has 6 heteroatoms. The summed E-state index contributed by atoms with van der Waals surface area (Å²) >= 11 is 1.36. The average Bonchev–Trinajstić information content (AvgIpc) is 3.03. The lowest BCUT2D eigenvalue weighted by Gasteiger charge is -2.16. The van der Waals surface area contributed by atoms with E-state index in [0.29, 0.717) is 5.56 Å². The Labute approximate surface area is 127 Å². The van der Waals surface area contributed by atoms with Crippen molar-refractivity contribution in [3.63, 3.8) is 0 Å². The molecule has 5 nitrogen and oxygen atoms in total. The standard InChI is InChI=1S/C15H15N5S/c1-15(2,3)13-12(21-19-18-13)14-17-10-6-5-9(8-16)7-11(10)20(14)4/h5-7H,1-4H3. The molecule has 0 bridgehead atoms. The first-order valence-corrected chi connectivity index (χ1v) is 7.39. The van der Waals surface area contributed by atoms with Crippen LogP contribution in [0.3, 0.4) is 0 Å². The molecule has 0 saturated heterocycles. The summed E-state index contributed by atoms with van der Waals surface area (Å²) in [7, 11) is 1.96. The number of nitriles is 1. The number of hydrogen-bond acceptors (Lipinski definition) is 5. The zero-order chi connectivity index (χ0) is 15.2. The van der Waals surface area contributed by atoms with Crippen LogP contribution in [0.5, 0.6) is 0 Å². The van der Waals surface area contributed by atoms with Gasteiger partial charge < -0.3 is 4.57 Å². The van der Waals surface area contributed by atoms with Gasteiger partial charge in [0, 0.05) is 12.5 Å². The highest BCUT2D eigenvalue weighted by atomic mass is 32.1. The SMILES string of the molecule is Cn1c(-c2snnc2C(C)(C)C)nc2ccc(C#N)cc21. The van der Waals surface area contributed by atoms with Gasteiger partial charge in [-0.25, -0.2) is 4.98 Å². The largest absolute Gasteiger partial charge is 0.326 e. The Balaban J connectivity index is 2.25. The quantitative estimate of drug-likeness (QED) is 0.691. The van der Waals surface area contributed by atoms with Crippen LogP contribution in [-0.4, -0.2) is 19.1 Å². The normalized spacial score (nSPS) is 11.8. The van der Waals surface area contributed by atoms with Crippen molar-refractivity contribution in [1.82, 2.24) is 19.1 Å². The zero-order valence-corrected chi connectivity index (χ0v) is 13.2. The van der Waals surface area contributed by atoms with E-state index < -0.39 is 0 Å². The molecular weight excluding hydrogens is 282 g/mol. The molecule has 0 unspecified atom stereocenters. The molecule has 3 rings (SSSR count). The Morgan fingerprint density at radius 2 is 2.05 bits per heavy atom. The Morgan fingerprint density at radius 1 is 1.29 bits per heavy atom. The molecule has 0 radical (unpaired) electrons. The van der Waals surface area contributed by atoms with Gasteiger partial charge in [0.1, 0.15) is 4.88 Å². The molecule has 1 aromatic carbocycles. The molecule has 0 aliphatic rings. The maximum Gasteiger partial charge on any atom is 0.154 e. The van der Waals surface area contributed by atoms with Crippen molar-refractivity contribution in [3.05, 3.63) is 29.5 Å². The maximum atomic E-state index is 9.03. The molecule has 2 aromatic heterocycles. The third kappa shape index (κ3) is 2.20. The van der Waals surface area contributed by atoms with Crippen LogP contribution in [-0.2, 0) is 12.5 Å². The molecule has 0 spiro atoms. The number of nitrogens with zero attached hydrogens (tertiary/aromatic N) is 5. The van der Waals surface area contributed by atoms with Crippen LogP contribution >= 0.6 is 11.5 Å². The number of rotatable bonds is 1. The summed E-state index contributed by atoms with van der Waals surface area (Å²) in [4.78, 5) is 5.67. The highest BCUT2D eigenvalue weighted by Gasteiger charge is 2.26. The number of hydrogen-bond donors (Lipinski definition) is 0. The lowest BCUT2D eigenvalue weighted by atomic mass is 9.91. The van der Waals surface area contributed by atoms with Gasteiger partial charge in [0.15, 0.2) is 5.82 Å². The number of imidazole rings is 1. The Morgan fingerprint density at radius 3 is 2.71 bits per heavy atom. The van der Waals surface area contributed by atoms with Crippen LogP contribution in [0.15, 0.2) is 18.2 Å². The minimum atomic E-state index is -0.0850. The first kappa shape index (κ1) is 13.7. The summed E-state index contributed by atoms with van der Waals surface area (Å²) in [5.41, 5.74) is 3.32. The van der Waals surface area contributed by atoms with Crippen LogP contribution in [0.2, 0.25) is 0 Å². The molecule has 0 aliphatic carbocycles. The van der Waals surface area contributed by atoms with Crippen LogP contribution in [0, 0.1) is 11.3 Å². The van der Waals surface area contributed by atoms with E-state index in [2.05, 4.69) is 41.4 Å². The molecule has 0 N–H and O–H groups in total. The fourth-order valence-corrected chi connectivity index (χ4v) is 3.19. The molecule has 3 aromatic rings. The lowest BCUT2D eigenvalue weighted by molar-refractivity contribution is 0.567. The minimum absolute atomic E-state index is 0.0850. The summed E-state index contributed by atoms with van der Waals surface area (Å²) in [5, 5.41) is 13.3. The highest BCUT2D eigenvalue weighted by molar-refractivity contribution is 7.09. The predicted octanol–water partition coefficient (Wildman–Crippen LogP) is 3.26. The summed E-state index contributed by atoms with van der Waals surface area (Å²) in [5.74, 6) is 0.847. The van der Waals surface area contributed by atoms with Gasteiger partial charge in [-0.3, -0.25) is 0 Å². The molecule has 0 atom stereocenters. The first-order valence-electron chi connectivity index (χ1n) is 6.61. The van der Waals surface area contributed by atoms with E-state index in [1.54, 1.807) is 6.07 Å². The molecule has 21 heavy (non-hydrogen) atoms. The summed E-state index contributed by atoms with van der Waals surface area (Å²) < 4.78 is 6.10. The van der Waals surface area contributed by atoms with E-state index in [0.717, 1.165) is 27.4 Å². The van der Waals surface area contributed by atoms with Gasteiger partial charge in [0.05, 0.1) is 28.4 Å². The molecule has 0 amide bonds. The first-order chi connectivity index (χ1) is 9.91. The van der Waals surface area contributed by atoms with Crippen molar-refractivity contribution in [3.8, 4) is 16.8 Å². The maximum absolute atomic E-state index is 9.03. The topological polar surface area (TPSA) is 67.4 Å². The second-order valence-electron chi connectivity index (χ2n) is 6.01. The Bertz CT molecular complexity index is 860. The highest BCUT2D eigenvalue weighted by Crippen LogP contribution is 2.34. The van der Waals surface area contributed by atoms with Crippen LogP contribution in [0.25, 0.3) is 21.7 Å². The summed E-state index contributed by atoms with van der Waals surface area (Å²) in [6, 6.07) is 7.68. The predicted molar refractivity (Wildman–Crippen MR) is 83.0 cm³/mol. The van der Waals surface area contributed by atoms with E-state index in [9.17, 15) is 0 Å². The third-order valence-corrected chi connectivity index (χ3v) is 4.13. The van der Waals surface area contributed by atoms with E-state index in [1.165, 1.54) is 11.5 Å². The number of aryl methyl sites for hydroxylation is 1. The van der Waals surface area contributed by atoms with E-state index >= 15 is 0 Å². The van der Waals surface area contributed by atoms with Gasteiger partial charge in [-0.1, -0.05) is 25.3 Å². The summed E-state index contributed by atoms with van der Waals surface area (Å²) in [6.07, 6.45) is 0. The lowest BCUT2D eigenvalue weighted by Crippen LogP contribution is -2.13. The van der Waals surface area contributed by atoms with Crippen LogP contribution < -0.4 is 0 Å². The Kier molecular flexibility index (Phi) is 3.03. The van der Waals surface area contributed by atoms with Crippen molar-refractivity contribution in [2.24, 2.45) is 7.05 Å². The second kappa shape index (κ2) is 4.64. The van der Waals surface area contributed by atoms with E-state index in [1.807, 2.05) is 23.7 Å². The monoisotopic (exact) mass is 297 g/mol. The molecular formula is C15H15N5S. The van der Waals surface area contributed by atoms with Crippen LogP contribution in [0.4, 0.5) is 0 Å². The van der Waals surface area contributed by atoms with E-state index in [4.69, 9.17) is 5.26 Å². The van der Waals surface area contributed by atoms with Gasteiger partial charge >= 0.3 is 0 Å². The van der Waals surface area contributed by atoms with Crippen molar-refractivity contribution in [2.45, 2.75) is 26.2 Å². The molecule has 0 saturated carbocycles. The molecule has 0 aliphatic heterocycles. The Hall–Kier alpha value is -2.26. The fraction of sp³-hybridized carbons (Fsp3) is 0.333. The van der Waals surface area contributed by atoms with Gasteiger partial charge in [-0.2, -0.15) is 5.26 Å². The van der Waals surface area contributed by atoms with Crippen molar-refractivity contribution < 1.29 is 0 Å². The van der Waals surface area contributed by atoms with Crippen molar-refractivity contribution in [1.29, 1.82) is 5.26 Å². The fourth-order valence-electron chi connectivity index (χ4n) is 2.29. The van der Waals surface area contributed by atoms with Gasteiger partial charge in [-0.05, 0) is 29.7 Å². The van der Waals surface area contributed by atoms with Gasteiger partial charge in [-0.15, -0.1) is 5.10 Å². The van der Waals surface area contributed by atoms with Crippen molar-refractivity contribution in [2.75, 3.05) is 0 Å². The van der Waals surface area contributed by atoms with Gasteiger partial charge in [0.25, 0.3) is 0 Å². The van der Waals surface area contributed by atoms with Crippen molar-refractivity contribution >= 4 is 22.6 Å². The van der Waals surface area contributed by atoms with Gasteiger partial charge in [0.2, 0.25) is 0 Å². The third-order valence-electron chi connectivity index (χ3n) is 3.41. The number of fused-ring (bicyclic) bond motifs is 1. The zero-order valence-electron chi connectivity index (χ0n) is 12.4.